The van der Waals surface area contributed by atoms with Gasteiger partial charge in [0.25, 0.3) is 4.84 Å². The lowest BCUT2D eigenvalue weighted by atomic mass is 10.1. The van der Waals surface area contributed by atoms with Gasteiger partial charge in [-0.05, 0) is 29.1 Å². The van der Waals surface area contributed by atoms with Crippen LogP contribution in [0.1, 0.15) is 0 Å². The molecule has 0 unspecified atom stereocenters. The van der Waals surface area contributed by atoms with Crippen LogP contribution in [0.15, 0.2) is 46.9 Å². The quantitative estimate of drug-likeness (QED) is 0.638. The summed E-state index contributed by atoms with van der Waals surface area (Å²) in [7, 11) is 0. The molecule has 0 aliphatic heterocycles. The van der Waals surface area contributed by atoms with E-state index in [2.05, 4.69) is 4.98 Å². The molecule has 0 radical (unpaired) electrons. The molecule has 0 saturated carbocycles. The molecule has 17 heavy (non-hydrogen) atoms. The monoisotopic (exact) mass is 243 g/mol. The Balaban J connectivity index is 2.24. The van der Waals surface area contributed by atoms with Gasteiger partial charge in [-0.2, -0.15) is 0 Å². The molecule has 0 amide bonds. The fraction of sp³-hybridized carbons (Fsp3) is 0. The summed E-state index contributed by atoms with van der Waals surface area (Å²) >= 11 is 4.83. The second kappa shape index (κ2) is 3.75. The minimum atomic E-state index is -0.0368. The van der Waals surface area contributed by atoms with Crippen molar-refractivity contribution in [2.45, 2.75) is 0 Å². The molecule has 84 valence electrons. The summed E-state index contributed by atoms with van der Waals surface area (Å²) in [6, 6.07) is 13.8. The molecule has 1 aromatic heterocycles. The summed E-state index contributed by atoms with van der Waals surface area (Å²) in [5.74, 6) is 0.339. The number of hydrogen-bond acceptors (Lipinski definition) is 3. The molecule has 0 fully saturated rings. The normalized spacial score (nSPS) is 10.8. The van der Waals surface area contributed by atoms with Gasteiger partial charge >= 0.3 is 0 Å². The van der Waals surface area contributed by atoms with Gasteiger partial charge in [-0.15, -0.1) is 0 Å². The van der Waals surface area contributed by atoms with Crippen molar-refractivity contribution in [2.24, 2.45) is 0 Å². The first-order valence-corrected chi connectivity index (χ1v) is 5.56. The second-order valence-electron chi connectivity index (χ2n) is 3.75. The fourth-order valence-corrected chi connectivity index (χ4v) is 2.03. The van der Waals surface area contributed by atoms with Crippen molar-refractivity contribution in [3.05, 3.63) is 47.3 Å². The number of benzene rings is 2. The van der Waals surface area contributed by atoms with Gasteiger partial charge in [0, 0.05) is 5.56 Å². The number of aromatic hydroxyl groups is 1. The van der Waals surface area contributed by atoms with Crippen LogP contribution < -0.4 is 0 Å². The van der Waals surface area contributed by atoms with E-state index in [1.165, 1.54) is 0 Å². The third kappa shape index (κ3) is 1.72. The summed E-state index contributed by atoms with van der Waals surface area (Å²) in [6.45, 7) is 0. The van der Waals surface area contributed by atoms with Crippen molar-refractivity contribution in [2.75, 3.05) is 0 Å². The minimum Gasteiger partial charge on any atom is -0.492 e. The Kier molecular flexibility index (Phi) is 2.23. The zero-order valence-electron chi connectivity index (χ0n) is 8.81. The number of oxazole rings is 1. The predicted octanol–water partition coefficient (Wildman–Crippen LogP) is 3.86. The van der Waals surface area contributed by atoms with E-state index in [1.54, 1.807) is 0 Å². The Labute approximate surface area is 102 Å². The van der Waals surface area contributed by atoms with Crippen LogP contribution >= 0.6 is 12.2 Å². The van der Waals surface area contributed by atoms with Gasteiger partial charge in [-0.25, -0.2) is 0 Å². The van der Waals surface area contributed by atoms with Crippen LogP contribution in [0.4, 0.5) is 0 Å². The van der Waals surface area contributed by atoms with Gasteiger partial charge in [-0.1, -0.05) is 36.4 Å². The van der Waals surface area contributed by atoms with Gasteiger partial charge in [0.1, 0.15) is 0 Å². The van der Waals surface area contributed by atoms with Crippen molar-refractivity contribution >= 4 is 23.0 Å². The first-order chi connectivity index (χ1) is 8.24. The lowest BCUT2D eigenvalue weighted by molar-refractivity contribution is 0.453. The molecule has 1 heterocycles. The van der Waals surface area contributed by atoms with E-state index in [4.69, 9.17) is 16.6 Å². The first-order valence-electron chi connectivity index (χ1n) is 5.15. The Morgan fingerprint density at radius 1 is 1.06 bits per heavy atom. The van der Waals surface area contributed by atoms with Crippen LogP contribution in [0.5, 0.6) is 5.88 Å². The van der Waals surface area contributed by atoms with Crippen molar-refractivity contribution in [3.63, 3.8) is 0 Å². The van der Waals surface area contributed by atoms with Crippen LogP contribution in [0, 0.1) is 4.84 Å². The molecule has 0 saturated heterocycles. The Bertz CT molecular complexity index is 742. The smallest absolute Gasteiger partial charge is 0.269 e. The molecule has 3 nitrogen and oxygen atoms in total. The van der Waals surface area contributed by atoms with Crippen molar-refractivity contribution in [3.8, 4) is 17.2 Å². The third-order valence-electron chi connectivity index (χ3n) is 2.64. The minimum absolute atomic E-state index is 0.0368. The average Bonchev–Trinajstić information content (AvgIpc) is 2.68. The molecular formula is C13H9NO2S. The number of hydrogen-bond donors (Lipinski definition) is 2. The number of nitrogens with one attached hydrogen (secondary N) is 1. The highest BCUT2D eigenvalue weighted by atomic mass is 32.1. The van der Waals surface area contributed by atoms with E-state index in [1.807, 2.05) is 42.5 Å². The van der Waals surface area contributed by atoms with Gasteiger partial charge < -0.3 is 9.52 Å². The third-order valence-corrected chi connectivity index (χ3v) is 2.83. The molecule has 2 N–H and O–H groups in total. The SMILES string of the molecule is Oc1[nH]c(=S)oc1-c1ccc2ccccc2c1. The summed E-state index contributed by atoms with van der Waals surface area (Å²) in [4.78, 5) is 2.73. The molecule has 4 heteroatoms. The highest BCUT2D eigenvalue weighted by Crippen LogP contribution is 2.30. The van der Waals surface area contributed by atoms with Crippen molar-refractivity contribution in [1.82, 2.24) is 4.98 Å². The van der Waals surface area contributed by atoms with E-state index >= 15 is 0 Å². The lowest BCUT2D eigenvalue weighted by Gasteiger charge is -2.00. The number of aromatic nitrogens is 1. The Morgan fingerprint density at radius 3 is 2.53 bits per heavy atom. The largest absolute Gasteiger partial charge is 0.492 e. The maximum atomic E-state index is 9.64. The van der Waals surface area contributed by atoms with Crippen LogP contribution in [0.3, 0.4) is 0 Å². The average molecular weight is 243 g/mol. The molecule has 3 rings (SSSR count). The molecular weight excluding hydrogens is 234 g/mol. The zero-order chi connectivity index (χ0) is 11.8. The van der Waals surface area contributed by atoms with Crippen molar-refractivity contribution < 1.29 is 9.52 Å². The molecule has 2 aromatic carbocycles. The summed E-state index contributed by atoms with van der Waals surface area (Å²) < 4.78 is 5.26. The Hall–Kier alpha value is -2.07. The van der Waals surface area contributed by atoms with Crippen LogP contribution in [0.2, 0.25) is 0 Å². The van der Waals surface area contributed by atoms with Crippen molar-refractivity contribution in [1.29, 1.82) is 0 Å². The summed E-state index contributed by atoms with van der Waals surface area (Å²) in [6.07, 6.45) is 0. The lowest BCUT2D eigenvalue weighted by Crippen LogP contribution is -1.77. The predicted molar refractivity (Wildman–Crippen MR) is 68.5 cm³/mol. The van der Waals surface area contributed by atoms with Gasteiger partial charge in [0.05, 0.1) is 0 Å². The number of rotatable bonds is 1. The fourth-order valence-electron chi connectivity index (χ4n) is 1.85. The van der Waals surface area contributed by atoms with E-state index in [-0.39, 0.29) is 10.7 Å². The summed E-state index contributed by atoms with van der Waals surface area (Å²) in [5, 5.41) is 11.9. The maximum Gasteiger partial charge on any atom is 0.269 e. The zero-order valence-corrected chi connectivity index (χ0v) is 9.62. The first kappa shape index (κ1) is 10.1. The molecule has 0 aliphatic rings. The number of fused-ring (bicyclic) bond motifs is 1. The van der Waals surface area contributed by atoms with E-state index in [0.717, 1.165) is 16.3 Å². The van der Waals surface area contributed by atoms with Crippen LogP contribution in [-0.2, 0) is 0 Å². The second-order valence-corrected chi connectivity index (χ2v) is 4.12. The Morgan fingerprint density at radius 2 is 1.82 bits per heavy atom. The number of aromatic amines is 1. The summed E-state index contributed by atoms with van der Waals surface area (Å²) in [5.41, 5.74) is 0.800. The molecule has 0 spiro atoms. The van der Waals surface area contributed by atoms with E-state index in [9.17, 15) is 5.11 Å². The standard InChI is InChI=1S/C13H9NO2S/c15-12-11(16-13(17)14-12)10-6-5-8-3-1-2-4-9(8)7-10/h1-7,15H,(H,14,17). The van der Waals surface area contributed by atoms with Gasteiger partial charge in [-0.3, -0.25) is 4.98 Å². The van der Waals surface area contributed by atoms with E-state index < -0.39 is 0 Å². The number of H-pyrrole nitrogens is 1. The van der Waals surface area contributed by atoms with Gasteiger partial charge in [0.2, 0.25) is 5.88 Å². The molecule has 0 bridgehead atoms. The molecule has 0 atom stereocenters. The van der Waals surface area contributed by atoms with Crippen LogP contribution in [0.25, 0.3) is 22.1 Å². The maximum absolute atomic E-state index is 9.64. The van der Waals surface area contributed by atoms with Crippen LogP contribution in [-0.4, -0.2) is 10.1 Å². The molecule has 3 aromatic rings. The molecule has 0 aliphatic carbocycles. The van der Waals surface area contributed by atoms with E-state index in [0.29, 0.717) is 5.76 Å². The van der Waals surface area contributed by atoms with Gasteiger partial charge in [0.15, 0.2) is 5.76 Å². The highest BCUT2D eigenvalue weighted by molar-refractivity contribution is 7.71. The highest BCUT2D eigenvalue weighted by Gasteiger charge is 2.10. The topological polar surface area (TPSA) is 49.2 Å².